The summed E-state index contributed by atoms with van der Waals surface area (Å²) < 4.78 is 46.3. The zero-order valence-corrected chi connectivity index (χ0v) is 9.26. The van der Waals surface area contributed by atoms with E-state index < -0.39 is 21.3 Å². The van der Waals surface area contributed by atoms with Crippen LogP contribution in [-0.4, -0.2) is 28.4 Å². The highest BCUT2D eigenvalue weighted by atomic mass is 32.2. The van der Waals surface area contributed by atoms with Gasteiger partial charge in [0.25, 0.3) is 0 Å². The van der Waals surface area contributed by atoms with E-state index in [1.54, 1.807) is 0 Å². The number of hydrogen-bond donors (Lipinski definition) is 2. The van der Waals surface area contributed by atoms with Crippen LogP contribution in [0.2, 0.25) is 0 Å². The van der Waals surface area contributed by atoms with Gasteiger partial charge in [0.2, 0.25) is 10.0 Å². The molecule has 0 fully saturated rings. The summed E-state index contributed by atoms with van der Waals surface area (Å²) in [6, 6.07) is 4.26. The monoisotopic (exact) mass is 250 g/mol. The average molecular weight is 250 g/mol. The molecule has 1 unspecified atom stereocenters. The van der Waals surface area contributed by atoms with Gasteiger partial charge in [0, 0.05) is 11.3 Å². The number of nitrogens with zero attached hydrogens (tertiary/aromatic N) is 1. The lowest BCUT2D eigenvalue weighted by Crippen LogP contribution is -2.12. The van der Waals surface area contributed by atoms with Crippen molar-refractivity contribution < 1.29 is 17.2 Å². The highest BCUT2D eigenvalue weighted by molar-refractivity contribution is 7.92. The Kier molecular flexibility index (Phi) is 3.61. The normalized spacial score (nSPS) is 13.2. The molecule has 0 aliphatic heterocycles. The van der Waals surface area contributed by atoms with Gasteiger partial charge in [0.05, 0.1) is 6.26 Å². The first-order valence-electron chi connectivity index (χ1n) is 3.67. The summed E-state index contributed by atoms with van der Waals surface area (Å²) >= 11 is -2.49. The number of aromatic nitrogens is 1. The lowest BCUT2D eigenvalue weighted by molar-refractivity contribution is 0.542. The molecule has 9 heteroatoms. The molecular formula is C6H8N3O4S2-. The fraction of sp³-hybridized carbons (Fsp3) is 0.167. The van der Waals surface area contributed by atoms with Crippen LogP contribution in [0.25, 0.3) is 0 Å². The number of rotatable bonds is 4. The molecule has 84 valence electrons. The smallest absolute Gasteiger partial charge is 0.230 e. The lowest BCUT2D eigenvalue weighted by Gasteiger charge is -2.09. The Bertz CT molecular complexity index is 473. The molecule has 0 saturated heterocycles. The largest absolute Gasteiger partial charge is 0.755 e. The molecule has 7 nitrogen and oxygen atoms in total. The van der Waals surface area contributed by atoms with Crippen molar-refractivity contribution >= 4 is 32.9 Å². The van der Waals surface area contributed by atoms with E-state index in [4.69, 9.17) is 0 Å². The van der Waals surface area contributed by atoms with E-state index in [0.29, 0.717) is 0 Å². The Balaban J connectivity index is 2.88. The van der Waals surface area contributed by atoms with Gasteiger partial charge in [-0.3, -0.25) is 8.93 Å². The van der Waals surface area contributed by atoms with Gasteiger partial charge in [-0.25, -0.2) is 13.4 Å². The van der Waals surface area contributed by atoms with E-state index >= 15 is 0 Å². The quantitative estimate of drug-likeness (QED) is 0.710. The highest BCUT2D eigenvalue weighted by Gasteiger charge is 2.03. The second-order valence-corrected chi connectivity index (χ2v) is 5.04. The zero-order valence-electron chi connectivity index (χ0n) is 7.63. The summed E-state index contributed by atoms with van der Waals surface area (Å²) in [5, 5.41) is 0. The van der Waals surface area contributed by atoms with Crippen molar-refractivity contribution in [1.29, 1.82) is 0 Å². The van der Waals surface area contributed by atoms with Crippen LogP contribution < -0.4 is 9.44 Å². The van der Waals surface area contributed by atoms with Crippen LogP contribution in [0, 0.1) is 0 Å². The number of anilines is 2. The summed E-state index contributed by atoms with van der Waals surface area (Å²) in [5.74, 6) is 0.0879. The van der Waals surface area contributed by atoms with Crippen molar-refractivity contribution in [2.45, 2.75) is 0 Å². The minimum absolute atomic E-state index is 0.0389. The van der Waals surface area contributed by atoms with Crippen LogP contribution in [-0.2, 0) is 21.3 Å². The molecule has 0 spiro atoms. The van der Waals surface area contributed by atoms with Gasteiger partial charge in [0.15, 0.2) is 0 Å². The van der Waals surface area contributed by atoms with Crippen LogP contribution in [0.5, 0.6) is 0 Å². The molecule has 0 aromatic carbocycles. The predicted octanol–water partition coefficient (Wildman–Crippen LogP) is -0.341. The third-order valence-corrected chi connectivity index (χ3v) is 2.18. The van der Waals surface area contributed by atoms with Crippen molar-refractivity contribution in [1.82, 2.24) is 4.98 Å². The maximum absolute atomic E-state index is 10.8. The van der Waals surface area contributed by atoms with Gasteiger partial charge >= 0.3 is 0 Å². The molecule has 1 aromatic heterocycles. The van der Waals surface area contributed by atoms with E-state index in [9.17, 15) is 17.2 Å². The van der Waals surface area contributed by atoms with Crippen LogP contribution in [0.3, 0.4) is 0 Å². The molecule has 15 heavy (non-hydrogen) atoms. The predicted molar refractivity (Wildman–Crippen MR) is 55.2 cm³/mol. The highest BCUT2D eigenvalue weighted by Crippen LogP contribution is 2.10. The van der Waals surface area contributed by atoms with Crippen molar-refractivity contribution in [2.75, 3.05) is 15.7 Å². The van der Waals surface area contributed by atoms with Gasteiger partial charge in [0.1, 0.15) is 11.6 Å². The molecule has 0 aliphatic rings. The van der Waals surface area contributed by atoms with Crippen molar-refractivity contribution in [3.05, 3.63) is 18.2 Å². The van der Waals surface area contributed by atoms with Crippen LogP contribution >= 0.6 is 0 Å². The van der Waals surface area contributed by atoms with Gasteiger partial charge in [-0.1, -0.05) is 6.07 Å². The Morgan fingerprint density at radius 2 is 2.00 bits per heavy atom. The summed E-state index contributed by atoms with van der Waals surface area (Å²) in [7, 11) is -3.42. The standard InChI is InChI=1S/C6H9N3O4S2/c1-15(12,13)9-6-4-2-3-5(7-6)8-14(10)11/h2-4H,1H3,(H,10,11)(H2,7,8,9)/p-1. The second kappa shape index (κ2) is 4.55. The maximum atomic E-state index is 10.8. The Hall–Kier alpha value is -1.19. The first-order chi connectivity index (χ1) is 6.87. The molecule has 1 rings (SSSR count). The molecule has 0 bridgehead atoms. The maximum Gasteiger partial charge on any atom is 0.230 e. The topological polar surface area (TPSA) is 111 Å². The molecule has 1 aromatic rings. The molecule has 1 heterocycles. The van der Waals surface area contributed by atoms with E-state index in [-0.39, 0.29) is 11.6 Å². The van der Waals surface area contributed by atoms with E-state index in [0.717, 1.165) is 6.26 Å². The minimum Gasteiger partial charge on any atom is -0.755 e. The average Bonchev–Trinajstić information content (AvgIpc) is 1.99. The third kappa shape index (κ3) is 4.72. The van der Waals surface area contributed by atoms with E-state index in [2.05, 4.69) is 9.71 Å². The molecule has 2 N–H and O–H groups in total. The molecule has 0 amide bonds. The summed E-state index contributed by atoms with van der Waals surface area (Å²) in [6.07, 6.45) is 0.973. The summed E-state index contributed by atoms with van der Waals surface area (Å²) in [6.45, 7) is 0. The summed E-state index contributed by atoms with van der Waals surface area (Å²) in [5.41, 5.74) is 0. The van der Waals surface area contributed by atoms with Gasteiger partial charge in [-0.15, -0.1) is 0 Å². The van der Waals surface area contributed by atoms with Crippen molar-refractivity contribution in [3.8, 4) is 0 Å². The Morgan fingerprint density at radius 1 is 1.40 bits per heavy atom. The van der Waals surface area contributed by atoms with Crippen LogP contribution in [0.4, 0.5) is 11.6 Å². The molecule has 0 aliphatic carbocycles. The fourth-order valence-corrected chi connectivity index (χ4v) is 1.60. The van der Waals surface area contributed by atoms with Gasteiger partial charge < -0.3 is 9.27 Å². The van der Waals surface area contributed by atoms with Gasteiger partial charge in [-0.05, 0) is 12.1 Å². The first kappa shape index (κ1) is 11.9. The SMILES string of the molecule is CS(=O)(=O)Nc1cccc(NS(=O)[O-])n1. The Morgan fingerprint density at radius 3 is 2.53 bits per heavy atom. The Labute approximate surface area is 89.4 Å². The minimum atomic E-state index is -3.42. The first-order valence-corrected chi connectivity index (χ1v) is 6.64. The number of pyridine rings is 1. The molecule has 0 saturated carbocycles. The molecule has 1 atom stereocenters. The number of hydrogen-bond acceptors (Lipinski definition) is 5. The fourth-order valence-electron chi connectivity index (χ4n) is 0.824. The van der Waals surface area contributed by atoms with Gasteiger partial charge in [-0.2, -0.15) is 0 Å². The third-order valence-electron chi connectivity index (χ3n) is 1.23. The van der Waals surface area contributed by atoms with E-state index in [1.807, 2.05) is 4.72 Å². The van der Waals surface area contributed by atoms with Crippen molar-refractivity contribution in [2.24, 2.45) is 0 Å². The lowest BCUT2D eigenvalue weighted by atomic mass is 10.4. The van der Waals surface area contributed by atoms with Crippen LogP contribution in [0.1, 0.15) is 0 Å². The second-order valence-electron chi connectivity index (χ2n) is 2.62. The zero-order chi connectivity index (χ0) is 11.5. The summed E-state index contributed by atoms with van der Waals surface area (Å²) in [4.78, 5) is 3.70. The molecular weight excluding hydrogens is 242 g/mol. The van der Waals surface area contributed by atoms with E-state index in [1.165, 1.54) is 18.2 Å². The molecule has 0 radical (unpaired) electrons. The number of nitrogens with one attached hydrogen (secondary N) is 2. The van der Waals surface area contributed by atoms with Crippen LogP contribution in [0.15, 0.2) is 18.2 Å². The van der Waals surface area contributed by atoms with Crippen molar-refractivity contribution in [3.63, 3.8) is 0 Å². The number of sulfonamides is 1.